The minimum absolute atomic E-state index is 0.120. The van der Waals surface area contributed by atoms with Gasteiger partial charge in [0.1, 0.15) is 0 Å². The largest absolute Gasteiger partial charge is 0.307 e. The molecule has 0 fully saturated rings. The van der Waals surface area contributed by atoms with E-state index < -0.39 is 10.0 Å². The van der Waals surface area contributed by atoms with Crippen molar-refractivity contribution >= 4 is 53.2 Å². The number of hydrogen-bond acceptors (Lipinski definition) is 4. The van der Waals surface area contributed by atoms with Crippen molar-refractivity contribution in [3.63, 3.8) is 0 Å². The van der Waals surface area contributed by atoms with Gasteiger partial charge in [-0.2, -0.15) is 0 Å². The number of aryl methyl sites for hydroxylation is 1. The summed E-state index contributed by atoms with van der Waals surface area (Å²) < 4.78 is 30.4. The standard InChI is InChI=1S/C14H11BrN2O3S2/c1-17-12-7-6-11(8-13(12)21-14(17)18)22(19,20)16-10-4-2-9(15)3-5-10/h2-8,16H,1H3. The molecule has 8 heteroatoms. The van der Waals surface area contributed by atoms with Crippen LogP contribution in [0.25, 0.3) is 10.2 Å². The summed E-state index contributed by atoms with van der Waals surface area (Å²) in [4.78, 5) is 11.6. The zero-order valence-electron chi connectivity index (χ0n) is 11.4. The molecule has 0 aliphatic rings. The van der Waals surface area contributed by atoms with Crippen LogP contribution in [0.4, 0.5) is 5.69 Å². The maximum atomic E-state index is 12.4. The van der Waals surface area contributed by atoms with Crippen LogP contribution in [0, 0.1) is 0 Å². The number of halogens is 1. The first-order chi connectivity index (χ1) is 10.4. The van der Waals surface area contributed by atoms with E-state index in [0.717, 1.165) is 21.3 Å². The number of benzene rings is 2. The van der Waals surface area contributed by atoms with Crippen molar-refractivity contribution in [2.75, 3.05) is 4.72 Å². The van der Waals surface area contributed by atoms with Crippen LogP contribution in [-0.4, -0.2) is 13.0 Å². The van der Waals surface area contributed by atoms with Gasteiger partial charge < -0.3 is 4.57 Å². The zero-order chi connectivity index (χ0) is 15.9. The first-order valence-corrected chi connectivity index (χ1v) is 9.34. The third-order valence-electron chi connectivity index (χ3n) is 3.17. The molecule has 3 aromatic rings. The summed E-state index contributed by atoms with van der Waals surface area (Å²) in [5.41, 5.74) is 1.20. The van der Waals surface area contributed by atoms with Gasteiger partial charge in [0.15, 0.2) is 0 Å². The summed E-state index contributed by atoms with van der Waals surface area (Å²) in [5, 5.41) is 0. The third-order valence-corrected chi connectivity index (χ3v) is 6.07. The Bertz CT molecular complexity index is 1000. The number of sulfonamides is 1. The SMILES string of the molecule is Cn1c(=O)sc2cc(S(=O)(=O)Nc3ccc(Br)cc3)ccc21. The Labute approximate surface area is 139 Å². The lowest BCUT2D eigenvalue weighted by Crippen LogP contribution is -2.12. The van der Waals surface area contributed by atoms with Gasteiger partial charge in [-0.15, -0.1) is 0 Å². The van der Waals surface area contributed by atoms with Crippen molar-refractivity contribution in [3.8, 4) is 0 Å². The highest BCUT2D eigenvalue weighted by Gasteiger charge is 2.16. The van der Waals surface area contributed by atoms with E-state index in [1.165, 1.54) is 16.7 Å². The fraction of sp³-hybridized carbons (Fsp3) is 0.0714. The molecule has 1 heterocycles. The number of rotatable bonds is 3. The normalized spacial score (nSPS) is 11.7. The summed E-state index contributed by atoms with van der Waals surface area (Å²) >= 11 is 4.32. The van der Waals surface area contributed by atoms with E-state index in [2.05, 4.69) is 20.7 Å². The fourth-order valence-electron chi connectivity index (χ4n) is 2.01. The Hall–Kier alpha value is -1.64. The molecule has 0 unspecified atom stereocenters. The van der Waals surface area contributed by atoms with E-state index in [-0.39, 0.29) is 9.77 Å². The number of nitrogens with one attached hydrogen (secondary N) is 1. The van der Waals surface area contributed by atoms with Crippen molar-refractivity contribution in [1.29, 1.82) is 0 Å². The molecule has 0 amide bonds. The molecule has 0 saturated carbocycles. The highest BCUT2D eigenvalue weighted by Crippen LogP contribution is 2.23. The van der Waals surface area contributed by atoms with Crippen LogP contribution in [0.2, 0.25) is 0 Å². The van der Waals surface area contributed by atoms with Gasteiger partial charge >= 0.3 is 4.87 Å². The van der Waals surface area contributed by atoms with Crippen LogP contribution in [0.1, 0.15) is 0 Å². The van der Waals surface area contributed by atoms with Crippen LogP contribution in [-0.2, 0) is 17.1 Å². The molecule has 0 bridgehead atoms. The highest BCUT2D eigenvalue weighted by molar-refractivity contribution is 9.10. The molecule has 2 aromatic carbocycles. The van der Waals surface area contributed by atoms with Gasteiger partial charge in [-0.05, 0) is 42.5 Å². The molecule has 0 spiro atoms. The Morgan fingerprint density at radius 2 is 1.82 bits per heavy atom. The number of thiazole rings is 1. The average molecular weight is 399 g/mol. The first kappa shape index (κ1) is 15.3. The van der Waals surface area contributed by atoms with E-state index in [0.29, 0.717) is 10.4 Å². The van der Waals surface area contributed by atoms with E-state index in [9.17, 15) is 13.2 Å². The minimum atomic E-state index is -3.69. The summed E-state index contributed by atoms with van der Waals surface area (Å²) in [6, 6.07) is 11.5. The molecule has 0 atom stereocenters. The molecule has 1 aromatic heterocycles. The highest BCUT2D eigenvalue weighted by atomic mass is 79.9. The predicted molar refractivity (Wildman–Crippen MR) is 92.0 cm³/mol. The summed E-state index contributed by atoms with van der Waals surface area (Å²) in [6.07, 6.45) is 0. The van der Waals surface area contributed by atoms with Gasteiger partial charge in [-0.3, -0.25) is 9.52 Å². The zero-order valence-corrected chi connectivity index (χ0v) is 14.6. The second-order valence-corrected chi connectivity index (χ2v) is 8.26. The van der Waals surface area contributed by atoms with E-state index in [4.69, 9.17) is 0 Å². The molecular formula is C14H11BrN2O3S2. The third kappa shape index (κ3) is 2.81. The van der Waals surface area contributed by atoms with Gasteiger partial charge in [0.25, 0.3) is 10.0 Å². The van der Waals surface area contributed by atoms with Crippen molar-refractivity contribution in [2.45, 2.75) is 4.90 Å². The maximum absolute atomic E-state index is 12.4. The van der Waals surface area contributed by atoms with E-state index in [1.807, 2.05) is 0 Å². The van der Waals surface area contributed by atoms with Crippen LogP contribution < -0.4 is 9.60 Å². The lowest BCUT2D eigenvalue weighted by Gasteiger charge is -2.08. The first-order valence-electron chi connectivity index (χ1n) is 6.25. The molecule has 0 aliphatic heterocycles. The van der Waals surface area contributed by atoms with Crippen molar-refractivity contribution < 1.29 is 8.42 Å². The van der Waals surface area contributed by atoms with Gasteiger partial charge in [0, 0.05) is 17.2 Å². The number of nitrogens with zero attached hydrogens (tertiary/aromatic N) is 1. The summed E-state index contributed by atoms with van der Waals surface area (Å²) in [7, 11) is -2.03. The van der Waals surface area contributed by atoms with Crippen LogP contribution in [0.5, 0.6) is 0 Å². The Kier molecular flexibility index (Phi) is 3.84. The predicted octanol–water partition coefficient (Wildman–Crippen LogP) is 3.16. The average Bonchev–Trinajstić information content (AvgIpc) is 2.76. The Balaban J connectivity index is 2.01. The topological polar surface area (TPSA) is 68.2 Å². The number of fused-ring (bicyclic) bond motifs is 1. The lowest BCUT2D eigenvalue weighted by atomic mass is 10.3. The van der Waals surface area contributed by atoms with Crippen molar-refractivity contribution in [1.82, 2.24) is 4.57 Å². The number of aromatic nitrogens is 1. The summed E-state index contributed by atoms with van der Waals surface area (Å²) in [6.45, 7) is 0. The molecule has 0 saturated heterocycles. The van der Waals surface area contributed by atoms with Gasteiger partial charge in [-0.1, -0.05) is 27.3 Å². The van der Waals surface area contributed by atoms with Crippen LogP contribution >= 0.6 is 27.3 Å². The molecule has 3 rings (SSSR count). The monoisotopic (exact) mass is 398 g/mol. The van der Waals surface area contributed by atoms with E-state index >= 15 is 0 Å². The fourth-order valence-corrected chi connectivity index (χ4v) is 4.36. The minimum Gasteiger partial charge on any atom is -0.302 e. The lowest BCUT2D eigenvalue weighted by molar-refractivity contribution is 0.601. The second kappa shape index (κ2) is 5.53. The Morgan fingerprint density at radius 1 is 1.14 bits per heavy atom. The van der Waals surface area contributed by atoms with Crippen LogP contribution in [0.15, 0.2) is 56.6 Å². The molecular weight excluding hydrogens is 388 g/mol. The molecule has 0 aliphatic carbocycles. The molecule has 1 N–H and O–H groups in total. The maximum Gasteiger partial charge on any atom is 0.307 e. The Morgan fingerprint density at radius 3 is 2.50 bits per heavy atom. The van der Waals surface area contributed by atoms with Crippen LogP contribution in [0.3, 0.4) is 0 Å². The van der Waals surface area contributed by atoms with Crippen molar-refractivity contribution in [2.24, 2.45) is 7.05 Å². The number of hydrogen-bond donors (Lipinski definition) is 1. The molecule has 0 radical (unpaired) electrons. The molecule has 114 valence electrons. The molecule has 5 nitrogen and oxygen atoms in total. The second-order valence-electron chi connectivity index (χ2n) is 4.67. The summed E-state index contributed by atoms with van der Waals surface area (Å²) in [5.74, 6) is 0. The number of anilines is 1. The van der Waals surface area contributed by atoms with Gasteiger partial charge in [0.2, 0.25) is 0 Å². The molecule has 22 heavy (non-hydrogen) atoms. The van der Waals surface area contributed by atoms with Gasteiger partial charge in [0.05, 0.1) is 15.1 Å². The van der Waals surface area contributed by atoms with E-state index in [1.54, 1.807) is 37.4 Å². The van der Waals surface area contributed by atoms with Gasteiger partial charge in [-0.25, -0.2) is 8.42 Å². The quantitative estimate of drug-likeness (QED) is 0.736. The smallest absolute Gasteiger partial charge is 0.302 e. The van der Waals surface area contributed by atoms with Crippen molar-refractivity contribution in [3.05, 3.63) is 56.6 Å².